The maximum Gasteiger partial charge on any atom is 0.407 e. The summed E-state index contributed by atoms with van der Waals surface area (Å²) in [4.78, 5) is 63.0. The molecule has 0 spiro atoms. The number of methoxy groups -OCH3 is 2. The van der Waals surface area contributed by atoms with Gasteiger partial charge in [0.15, 0.2) is 0 Å². The Morgan fingerprint density at radius 3 is 1.25 bits per heavy atom. The van der Waals surface area contributed by atoms with E-state index in [0.29, 0.717) is 39.3 Å². The molecule has 2 aromatic carbocycles. The third kappa shape index (κ3) is 7.37. The highest BCUT2D eigenvalue weighted by Gasteiger charge is 2.33. The van der Waals surface area contributed by atoms with E-state index < -0.39 is 24.3 Å². The van der Waals surface area contributed by atoms with Crippen LogP contribution in [0.25, 0.3) is 33.6 Å². The number of alkyl carbamates (subject to hydrolysis) is 2. The summed E-state index contributed by atoms with van der Waals surface area (Å²) in [5, 5.41) is 5.33. The zero-order valence-corrected chi connectivity index (χ0v) is 30.5. The molecule has 0 saturated heterocycles. The lowest BCUT2D eigenvalue weighted by Gasteiger charge is -2.33. The van der Waals surface area contributed by atoms with Gasteiger partial charge in [0.05, 0.1) is 51.1 Å². The lowest BCUT2D eigenvalue weighted by atomic mass is 10.0. The summed E-state index contributed by atoms with van der Waals surface area (Å²) in [7, 11) is 2.57. The molecule has 2 atom stereocenters. The van der Waals surface area contributed by atoms with Gasteiger partial charge < -0.3 is 39.0 Å². The number of aromatic nitrogens is 4. The van der Waals surface area contributed by atoms with Crippen LogP contribution in [-0.4, -0.2) is 92.3 Å². The molecule has 14 heteroatoms. The zero-order chi connectivity index (χ0) is 37.1. The van der Waals surface area contributed by atoms with Crippen LogP contribution in [0.1, 0.15) is 39.3 Å². The van der Waals surface area contributed by atoms with E-state index in [4.69, 9.17) is 9.47 Å². The summed E-state index contributed by atoms with van der Waals surface area (Å²) in [6.07, 6.45) is 2.45. The molecule has 14 nitrogen and oxygen atoms in total. The second-order valence-electron chi connectivity index (χ2n) is 13.8. The number of ether oxygens (including phenoxy) is 2. The van der Waals surface area contributed by atoms with Crippen molar-refractivity contribution in [3.63, 3.8) is 0 Å². The number of amides is 4. The van der Waals surface area contributed by atoms with E-state index in [1.54, 1.807) is 9.80 Å². The standard InChI is InChI=1S/C38H46N8O6/c1-23(2)33(41-37(49)51-5)35(47)43-15-17-45-29(19-39-31(45)21-43)27-11-7-25(8-12-27)26-9-13-28(14-10-26)30-20-40-32-22-44(16-18-46(30)32)36(48)34(24(3)4)42-38(50)52-6/h7-14,19-20,23-24,33-34H,15-18,21-22H2,1-6H3,(H,41,49)(H,42,50)/t33-,34?/m0/s1. The SMILES string of the molecule is COC(=O)NC(C(=O)N1CCn2c(-c3ccc(-c4ccc(-c5cnc6n5CCN(C(=O)[C@@H](NC(=O)OC)C(C)C)C6)cc4)cc3)cnc2C1)C(C)C. The number of hydrogen-bond acceptors (Lipinski definition) is 8. The number of carbonyl (C=O) groups excluding carboxylic acids is 4. The van der Waals surface area contributed by atoms with E-state index in [9.17, 15) is 19.2 Å². The first kappa shape index (κ1) is 36.1. The molecule has 4 amide bonds. The summed E-state index contributed by atoms with van der Waals surface area (Å²) < 4.78 is 13.7. The molecular weight excluding hydrogens is 664 g/mol. The first-order chi connectivity index (χ1) is 25.0. The van der Waals surface area contributed by atoms with Gasteiger partial charge in [0.2, 0.25) is 11.8 Å². The molecule has 274 valence electrons. The molecular formula is C38H46N8O6. The van der Waals surface area contributed by atoms with Gasteiger partial charge in [-0.3, -0.25) is 9.59 Å². The van der Waals surface area contributed by atoms with Crippen molar-refractivity contribution in [3.8, 4) is 33.6 Å². The molecule has 0 aliphatic carbocycles. The Labute approximate surface area is 303 Å². The van der Waals surface area contributed by atoms with Crippen LogP contribution < -0.4 is 10.6 Å². The average Bonchev–Trinajstić information content (AvgIpc) is 3.79. The molecule has 0 saturated carbocycles. The topological polar surface area (TPSA) is 153 Å². The van der Waals surface area contributed by atoms with E-state index >= 15 is 0 Å². The number of nitrogens with zero attached hydrogens (tertiary/aromatic N) is 6. The first-order valence-electron chi connectivity index (χ1n) is 17.6. The van der Waals surface area contributed by atoms with Gasteiger partial charge in [-0.1, -0.05) is 76.2 Å². The van der Waals surface area contributed by atoms with Crippen LogP contribution >= 0.6 is 0 Å². The maximum atomic E-state index is 13.3. The van der Waals surface area contributed by atoms with Crippen molar-refractivity contribution < 1.29 is 28.7 Å². The highest BCUT2D eigenvalue weighted by Crippen LogP contribution is 2.30. The Morgan fingerprint density at radius 1 is 0.577 bits per heavy atom. The largest absolute Gasteiger partial charge is 0.453 e. The van der Waals surface area contributed by atoms with Gasteiger partial charge in [0.1, 0.15) is 23.7 Å². The van der Waals surface area contributed by atoms with Gasteiger partial charge in [-0.05, 0) is 34.1 Å². The van der Waals surface area contributed by atoms with Gasteiger partial charge in [-0.2, -0.15) is 0 Å². The third-order valence-electron chi connectivity index (χ3n) is 9.83. The molecule has 2 aromatic heterocycles. The van der Waals surface area contributed by atoms with Crippen LogP contribution in [0, 0.1) is 11.8 Å². The van der Waals surface area contributed by atoms with Crippen molar-refractivity contribution in [2.24, 2.45) is 11.8 Å². The average molecular weight is 711 g/mol. The van der Waals surface area contributed by atoms with E-state index in [-0.39, 0.29) is 23.7 Å². The van der Waals surface area contributed by atoms with Gasteiger partial charge >= 0.3 is 12.2 Å². The first-order valence-corrected chi connectivity index (χ1v) is 17.6. The lowest BCUT2D eigenvalue weighted by Crippen LogP contribution is -2.52. The van der Waals surface area contributed by atoms with Crippen molar-refractivity contribution in [2.45, 2.75) is 66.0 Å². The zero-order valence-electron chi connectivity index (χ0n) is 30.5. The molecule has 4 aromatic rings. The van der Waals surface area contributed by atoms with E-state index in [0.717, 1.165) is 45.3 Å². The van der Waals surface area contributed by atoms with E-state index in [1.165, 1.54) is 14.2 Å². The second kappa shape index (κ2) is 15.3. The highest BCUT2D eigenvalue weighted by molar-refractivity contribution is 5.87. The molecule has 2 N–H and O–H groups in total. The Bertz CT molecular complexity index is 1790. The van der Waals surface area contributed by atoms with E-state index in [2.05, 4.69) is 78.3 Å². The molecule has 0 bridgehead atoms. The van der Waals surface area contributed by atoms with Gasteiger partial charge in [0, 0.05) is 26.2 Å². The Kier molecular flexibility index (Phi) is 10.6. The summed E-state index contributed by atoms with van der Waals surface area (Å²) in [5.41, 5.74) is 6.20. The molecule has 2 aliphatic rings. The number of nitrogens with one attached hydrogen (secondary N) is 2. The van der Waals surface area contributed by atoms with E-state index in [1.807, 2.05) is 40.1 Å². The van der Waals surface area contributed by atoms with Crippen molar-refractivity contribution in [2.75, 3.05) is 27.3 Å². The second-order valence-corrected chi connectivity index (χ2v) is 13.8. The van der Waals surface area contributed by atoms with Crippen LogP contribution in [0.5, 0.6) is 0 Å². The predicted molar refractivity (Wildman–Crippen MR) is 193 cm³/mol. The van der Waals surface area contributed by atoms with Crippen molar-refractivity contribution in [1.29, 1.82) is 0 Å². The quantitative estimate of drug-likeness (QED) is 0.257. The number of benzene rings is 2. The van der Waals surface area contributed by atoms with Crippen molar-refractivity contribution in [1.82, 2.24) is 39.5 Å². The summed E-state index contributed by atoms with van der Waals surface area (Å²) in [6, 6.07) is 15.4. The normalized spacial score (nSPS) is 15.1. The molecule has 1 unspecified atom stereocenters. The van der Waals surface area contributed by atoms with Crippen LogP contribution in [0.3, 0.4) is 0 Å². The Balaban J connectivity index is 1.10. The minimum Gasteiger partial charge on any atom is -0.453 e. The number of rotatable bonds is 9. The molecule has 52 heavy (non-hydrogen) atoms. The Morgan fingerprint density at radius 2 is 0.923 bits per heavy atom. The number of fused-ring (bicyclic) bond motifs is 2. The molecule has 0 radical (unpaired) electrons. The lowest BCUT2D eigenvalue weighted by molar-refractivity contribution is -0.136. The molecule has 2 aliphatic heterocycles. The van der Waals surface area contributed by atoms with Crippen LogP contribution in [0.2, 0.25) is 0 Å². The summed E-state index contributed by atoms with van der Waals surface area (Å²) in [6.45, 7) is 10.5. The smallest absolute Gasteiger partial charge is 0.407 e. The predicted octanol–water partition coefficient (Wildman–Crippen LogP) is 4.53. The Hall–Kier alpha value is -5.66. The minimum atomic E-state index is -0.675. The summed E-state index contributed by atoms with van der Waals surface area (Å²) >= 11 is 0. The van der Waals surface area contributed by atoms with Gasteiger partial charge in [-0.25, -0.2) is 19.6 Å². The number of hydrogen-bond donors (Lipinski definition) is 2. The monoisotopic (exact) mass is 710 g/mol. The number of carbonyl (C=O) groups is 4. The van der Waals surface area contributed by atoms with Crippen LogP contribution in [0.15, 0.2) is 60.9 Å². The minimum absolute atomic E-state index is 0.0946. The van der Waals surface area contributed by atoms with Crippen LogP contribution in [-0.2, 0) is 45.2 Å². The third-order valence-corrected chi connectivity index (χ3v) is 9.83. The fourth-order valence-corrected chi connectivity index (χ4v) is 6.82. The molecule has 4 heterocycles. The highest BCUT2D eigenvalue weighted by atomic mass is 16.5. The van der Waals surface area contributed by atoms with Crippen LogP contribution in [0.4, 0.5) is 9.59 Å². The fraction of sp³-hybridized carbons (Fsp3) is 0.421. The molecule has 0 fully saturated rings. The van der Waals surface area contributed by atoms with Crippen molar-refractivity contribution >= 4 is 24.0 Å². The summed E-state index contributed by atoms with van der Waals surface area (Å²) in [5.74, 6) is 1.11. The number of imidazole rings is 2. The fourth-order valence-electron chi connectivity index (χ4n) is 6.82. The van der Waals surface area contributed by atoms with Gasteiger partial charge in [0.25, 0.3) is 0 Å². The van der Waals surface area contributed by atoms with Gasteiger partial charge in [-0.15, -0.1) is 0 Å². The maximum absolute atomic E-state index is 13.3. The molecule has 6 rings (SSSR count). The van der Waals surface area contributed by atoms with Crippen molar-refractivity contribution in [3.05, 3.63) is 72.6 Å².